The fraction of sp³-hybridized carbons (Fsp3) is 0.889. The Balaban J connectivity index is 0.00000225. The van der Waals surface area contributed by atoms with Gasteiger partial charge in [-0.05, 0) is 31.6 Å². The molecule has 1 saturated carbocycles. The second kappa shape index (κ2) is 10.5. The van der Waals surface area contributed by atoms with Crippen molar-refractivity contribution >= 4 is 35.8 Å². The lowest BCUT2D eigenvalue weighted by atomic mass is 10.1. The zero-order chi connectivity index (χ0) is 16.8. The molecule has 6 nitrogen and oxygen atoms in total. The molecule has 1 N–H and O–H groups in total. The smallest absolute Gasteiger partial charge is 0.236 e. The number of guanidine groups is 1. The first-order valence-corrected chi connectivity index (χ1v) is 9.72. The second-order valence-electron chi connectivity index (χ2n) is 7.41. The SMILES string of the molecule is CN=C(NCCC1CC1)N1CCN(CC(=O)N2CCCCC2)CC1.I. The first kappa shape index (κ1) is 20.7. The number of nitrogens with one attached hydrogen (secondary N) is 1. The maximum absolute atomic E-state index is 12.4. The minimum Gasteiger partial charge on any atom is -0.356 e. The van der Waals surface area contributed by atoms with Crippen molar-refractivity contribution in [2.75, 3.05) is 59.4 Å². The molecule has 2 heterocycles. The summed E-state index contributed by atoms with van der Waals surface area (Å²) in [4.78, 5) is 23.5. The molecule has 0 radical (unpaired) electrons. The third-order valence-electron chi connectivity index (χ3n) is 5.48. The number of piperidine rings is 1. The van der Waals surface area contributed by atoms with Crippen LogP contribution in [0.1, 0.15) is 38.5 Å². The summed E-state index contributed by atoms with van der Waals surface area (Å²) in [6, 6.07) is 0. The average molecular weight is 463 g/mol. The molecule has 0 aromatic heterocycles. The molecule has 2 saturated heterocycles. The molecule has 2 aliphatic heterocycles. The van der Waals surface area contributed by atoms with Crippen molar-refractivity contribution in [2.45, 2.75) is 38.5 Å². The van der Waals surface area contributed by atoms with Crippen LogP contribution in [0.4, 0.5) is 0 Å². The molecule has 0 unspecified atom stereocenters. The number of amides is 1. The zero-order valence-electron chi connectivity index (χ0n) is 15.6. The van der Waals surface area contributed by atoms with E-state index >= 15 is 0 Å². The van der Waals surface area contributed by atoms with E-state index in [1.807, 2.05) is 11.9 Å². The Bertz CT molecular complexity index is 441. The van der Waals surface area contributed by atoms with Crippen molar-refractivity contribution in [3.05, 3.63) is 0 Å². The van der Waals surface area contributed by atoms with E-state index in [1.165, 1.54) is 38.5 Å². The summed E-state index contributed by atoms with van der Waals surface area (Å²) in [5.74, 6) is 2.29. The number of carbonyl (C=O) groups excluding carboxylic acids is 1. The molecule has 7 heteroatoms. The predicted octanol–water partition coefficient (Wildman–Crippen LogP) is 1.61. The van der Waals surface area contributed by atoms with E-state index in [-0.39, 0.29) is 24.0 Å². The largest absolute Gasteiger partial charge is 0.356 e. The first-order chi connectivity index (χ1) is 11.8. The molecule has 25 heavy (non-hydrogen) atoms. The van der Waals surface area contributed by atoms with Gasteiger partial charge >= 0.3 is 0 Å². The fourth-order valence-corrected chi connectivity index (χ4v) is 3.68. The molecule has 3 rings (SSSR count). The summed E-state index contributed by atoms with van der Waals surface area (Å²) in [6.45, 7) is 7.33. The van der Waals surface area contributed by atoms with Crippen LogP contribution in [-0.4, -0.2) is 86.0 Å². The van der Waals surface area contributed by atoms with Crippen LogP contribution in [0.15, 0.2) is 4.99 Å². The topological polar surface area (TPSA) is 51.2 Å². The molecule has 3 aliphatic rings. The standard InChI is InChI=1S/C18H33N5O.HI/c1-19-18(20-8-7-16-5-6-16)23-13-11-21(12-14-23)15-17(24)22-9-3-2-4-10-22;/h16H,2-15H2,1H3,(H,19,20);1H. The number of piperazine rings is 1. The van der Waals surface area contributed by atoms with Crippen molar-refractivity contribution in [3.63, 3.8) is 0 Å². The van der Waals surface area contributed by atoms with Gasteiger partial charge in [-0.25, -0.2) is 0 Å². The van der Waals surface area contributed by atoms with Crippen molar-refractivity contribution in [1.29, 1.82) is 0 Å². The molecule has 0 spiro atoms. The van der Waals surface area contributed by atoms with E-state index in [0.717, 1.165) is 57.7 Å². The maximum Gasteiger partial charge on any atom is 0.236 e. The number of rotatable bonds is 5. The predicted molar refractivity (Wildman–Crippen MR) is 113 cm³/mol. The Morgan fingerprint density at radius 1 is 1.00 bits per heavy atom. The van der Waals surface area contributed by atoms with Crippen molar-refractivity contribution in [1.82, 2.24) is 20.0 Å². The monoisotopic (exact) mass is 463 g/mol. The quantitative estimate of drug-likeness (QED) is 0.383. The van der Waals surface area contributed by atoms with E-state index in [9.17, 15) is 4.79 Å². The van der Waals surface area contributed by atoms with Crippen molar-refractivity contribution < 1.29 is 4.79 Å². The molecular formula is C18H34IN5O. The van der Waals surface area contributed by atoms with Crippen LogP contribution in [0.2, 0.25) is 0 Å². The summed E-state index contributed by atoms with van der Waals surface area (Å²) in [6.07, 6.45) is 7.69. The van der Waals surface area contributed by atoms with Gasteiger partial charge in [0.1, 0.15) is 0 Å². The van der Waals surface area contributed by atoms with Gasteiger partial charge in [-0.1, -0.05) is 12.8 Å². The zero-order valence-corrected chi connectivity index (χ0v) is 17.9. The van der Waals surface area contributed by atoms with Gasteiger partial charge in [0.15, 0.2) is 5.96 Å². The highest BCUT2D eigenvalue weighted by Crippen LogP contribution is 2.31. The average Bonchev–Trinajstić information content (AvgIpc) is 3.45. The van der Waals surface area contributed by atoms with E-state index in [2.05, 4.69) is 20.1 Å². The lowest BCUT2D eigenvalue weighted by molar-refractivity contribution is -0.133. The van der Waals surface area contributed by atoms with Gasteiger partial charge in [0.05, 0.1) is 6.54 Å². The third-order valence-corrected chi connectivity index (χ3v) is 5.48. The van der Waals surface area contributed by atoms with Gasteiger partial charge in [-0.15, -0.1) is 24.0 Å². The molecule has 0 aromatic rings. The second-order valence-corrected chi connectivity index (χ2v) is 7.41. The van der Waals surface area contributed by atoms with Crippen LogP contribution in [0, 0.1) is 5.92 Å². The van der Waals surface area contributed by atoms with Gasteiger partial charge in [-0.3, -0.25) is 14.7 Å². The van der Waals surface area contributed by atoms with Crippen LogP contribution in [0.25, 0.3) is 0 Å². The number of halogens is 1. The summed E-state index contributed by atoms with van der Waals surface area (Å²) < 4.78 is 0. The fourth-order valence-electron chi connectivity index (χ4n) is 3.68. The Morgan fingerprint density at radius 2 is 1.68 bits per heavy atom. The third kappa shape index (κ3) is 6.58. The number of carbonyl (C=O) groups is 1. The molecular weight excluding hydrogens is 429 g/mol. The molecule has 3 fully saturated rings. The minimum atomic E-state index is 0. The van der Waals surface area contributed by atoms with Gasteiger partial charge in [0.25, 0.3) is 0 Å². The number of likely N-dealkylation sites (tertiary alicyclic amines) is 1. The number of aliphatic imine (C=N–C) groups is 1. The van der Waals surface area contributed by atoms with E-state index < -0.39 is 0 Å². The van der Waals surface area contributed by atoms with Crippen LogP contribution < -0.4 is 5.32 Å². The lowest BCUT2D eigenvalue weighted by Gasteiger charge is -2.37. The Kier molecular flexibility index (Phi) is 8.75. The molecule has 144 valence electrons. The minimum absolute atomic E-state index is 0. The summed E-state index contributed by atoms with van der Waals surface area (Å²) in [5, 5.41) is 3.50. The highest BCUT2D eigenvalue weighted by atomic mass is 127. The van der Waals surface area contributed by atoms with Crippen molar-refractivity contribution in [2.24, 2.45) is 10.9 Å². The normalized spacial score (nSPS) is 22.5. The first-order valence-electron chi connectivity index (χ1n) is 9.72. The van der Waals surface area contributed by atoms with Crippen LogP contribution >= 0.6 is 24.0 Å². The number of nitrogens with zero attached hydrogens (tertiary/aromatic N) is 4. The summed E-state index contributed by atoms with van der Waals surface area (Å²) >= 11 is 0. The number of hydrogen-bond donors (Lipinski definition) is 1. The van der Waals surface area contributed by atoms with Crippen molar-refractivity contribution in [3.8, 4) is 0 Å². The highest BCUT2D eigenvalue weighted by molar-refractivity contribution is 14.0. The van der Waals surface area contributed by atoms with Crippen LogP contribution in [0.3, 0.4) is 0 Å². The molecule has 0 bridgehead atoms. The van der Waals surface area contributed by atoms with Gasteiger partial charge in [0.2, 0.25) is 5.91 Å². The molecule has 0 atom stereocenters. The molecule has 1 amide bonds. The van der Waals surface area contributed by atoms with E-state index in [4.69, 9.17) is 0 Å². The lowest BCUT2D eigenvalue weighted by Crippen LogP contribution is -2.54. The maximum atomic E-state index is 12.4. The molecule has 0 aromatic carbocycles. The van der Waals surface area contributed by atoms with Gasteiger partial charge < -0.3 is 15.1 Å². The summed E-state index contributed by atoms with van der Waals surface area (Å²) in [5.41, 5.74) is 0. The Hall–Kier alpha value is -0.570. The summed E-state index contributed by atoms with van der Waals surface area (Å²) in [7, 11) is 1.87. The number of hydrogen-bond acceptors (Lipinski definition) is 3. The highest BCUT2D eigenvalue weighted by Gasteiger charge is 2.24. The van der Waals surface area contributed by atoms with Crippen LogP contribution in [-0.2, 0) is 4.79 Å². The van der Waals surface area contributed by atoms with Gasteiger partial charge in [0, 0.05) is 52.9 Å². The van der Waals surface area contributed by atoms with E-state index in [1.54, 1.807) is 0 Å². The Morgan fingerprint density at radius 3 is 2.28 bits per heavy atom. The molecule has 1 aliphatic carbocycles. The Labute approximate surface area is 169 Å². The van der Waals surface area contributed by atoms with Gasteiger partial charge in [-0.2, -0.15) is 0 Å². The van der Waals surface area contributed by atoms with Crippen LogP contribution in [0.5, 0.6) is 0 Å². The van der Waals surface area contributed by atoms with E-state index in [0.29, 0.717) is 12.5 Å².